The second-order valence-electron chi connectivity index (χ2n) is 7.68. The summed E-state index contributed by atoms with van der Waals surface area (Å²) in [7, 11) is 0. The summed E-state index contributed by atoms with van der Waals surface area (Å²) >= 11 is 18.8. The number of halogens is 2. The normalized spacial score (nSPS) is 19.1. The zero-order chi connectivity index (χ0) is 23.5. The first-order valence-electron chi connectivity index (χ1n) is 10.3. The third-order valence-corrected chi connectivity index (χ3v) is 7.56. The summed E-state index contributed by atoms with van der Waals surface area (Å²) in [4.78, 5) is 30.0. The molecule has 2 fully saturated rings. The molecule has 7 nitrogen and oxygen atoms in total. The standard InChI is InChI=1S/C22H21Cl2N3O4S2/c23-16-3-1-14(11-17(16)24)18-4-2-15(31-18)12-19-21(30)27(22(32)33-19)10-9-25-5-7-26(8-6-25)13-20(28)29/h1-4,11-12H,5-10,13H2,(H,28,29)/b19-12-. The number of aliphatic carboxylic acids is 1. The molecule has 0 spiro atoms. The van der Waals surface area contributed by atoms with Crippen LogP contribution in [0.1, 0.15) is 5.76 Å². The van der Waals surface area contributed by atoms with Gasteiger partial charge in [-0.15, -0.1) is 0 Å². The van der Waals surface area contributed by atoms with Crippen LogP contribution in [0.5, 0.6) is 0 Å². The van der Waals surface area contributed by atoms with Gasteiger partial charge in [-0.3, -0.25) is 24.3 Å². The number of carbonyl (C=O) groups is 2. The average Bonchev–Trinajstić information content (AvgIpc) is 3.34. The molecule has 0 unspecified atom stereocenters. The Morgan fingerprint density at radius 2 is 1.82 bits per heavy atom. The molecule has 33 heavy (non-hydrogen) atoms. The summed E-state index contributed by atoms with van der Waals surface area (Å²) in [6.45, 7) is 4.17. The summed E-state index contributed by atoms with van der Waals surface area (Å²) in [6.07, 6.45) is 1.70. The van der Waals surface area contributed by atoms with Crippen LogP contribution in [0.15, 0.2) is 39.7 Å². The highest BCUT2D eigenvalue weighted by molar-refractivity contribution is 8.26. The fraction of sp³-hybridized carbons (Fsp3) is 0.318. The number of furan rings is 1. The second-order valence-corrected chi connectivity index (χ2v) is 10.2. The van der Waals surface area contributed by atoms with E-state index >= 15 is 0 Å². The molecule has 0 saturated carbocycles. The number of rotatable bonds is 7. The number of carboxylic acids is 1. The largest absolute Gasteiger partial charge is 0.480 e. The molecule has 0 atom stereocenters. The Kier molecular flexibility index (Phi) is 7.78. The highest BCUT2D eigenvalue weighted by Crippen LogP contribution is 2.34. The number of thioether (sulfide) groups is 1. The molecule has 174 valence electrons. The van der Waals surface area contributed by atoms with Gasteiger partial charge in [0.05, 0.1) is 21.5 Å². The number of hydrogen-bond acceptors (Lipinski definition) is 7. The summed E-state index contributed by atoms with van der Waals surface area (Å²) in [5.41, 5.74) is 0.792. The molecule has 2 aliphatic rings. The van der Waals surface area contributed by atoms with Crippen molar-refractivity contribution in [1.82, 2.24) is 14.7 Å². The van der Waals surface area contributed by atoms with E-state index in [9.17, 15) is 9.59 Å². The monoisotopic (exact) mass is 525 g/mol. The Labute approximate surface area is 210 Å². The maximum Gasteiger partial charge on any atom is 0.317 e. The van der Waals surface area contributed by atoms with E-state index in [0.717, 1.165) is 18.7 Å². The maximum absolute atomic E-state index is 12.9. The van der Waals surface area contributed by atoms with Crippen LogP contribution in [-0.4, -0.2) is 81.8 Å². The number of piperazine rings is 1. The van der Waals surface area contributed by atoms with Crippen LogP contribution in [0.4, 0.5) is 0 Å². The van der Waals surface area contributed by atoms with Crippen LogP contribution in [0.2, 0.25) is 10.0 Å². The fourth-order valence-corrected chi connectivity index (χ4v) is 5.25. The molecule has 1 aromatic carbocycles. The van der Waals surface area contributed by atoms with E-state index in [1.165, 1.54) is 11.8 Å². The van der Waals surface area contributed by atoms with Gasteiger partial charge in [0.15, 0.2) is 0 Å². The quantitative estimate of drug-likeness (QED) is 0.426. The Hall–Kier alpha value is -1.88. The third-order valence-electron chi connectivity index (χ3n) is 5.44. The number of carboxylic acid groups (broad SMARTS) is 1. The van der Waals surface area contributed by atoms with Crippen LogP contribution in [0, 0.1) is 0 Å². The topological polar surface area (TPSA) is 77.2 Å². The van der Waals surface area contributed by atoms with E-state index in [1.54, 1.807) is 29.2 Å². The molecule has 1 amide bonds. The maximum atomic E-state index is 12.9. The zero-order valence-corrected chi connectivity index (χ0v) is 20.6. The molecule has 2 aromatic rings. The molecule has 0 radical (unpaired) electrons. The number of hydrogen-bond donors (Lipinski definition) is 1. The lowest BCUT2D eigenvalue weighted by atomic mass is 10.2. The van der Waals surface area contributed by atoms with Gasteiger partial charge in [-0.2, -0.15) is 0 Å². The van der Waals surface area contributed by atoms with Crippen LogP contribution in [0.3, 0.4) is 0 Å². The van der Waals surface area contributed by atoms with Gasteiger partial charge in [-0.25, -0.2) is 0 Å². The Bertz CT molecular complexity index is 1110. The highest BCUT2D eigenvalue weighted by atomic mass is 35.5. The molecule has 2 saturated heterocycles. The van der Waals surface area contributed by atoms with E-state index in [2.05, 4.69) is 4.90 Å². The SMILES string of the molecule is O=C(O)CN1CCN(CCN2C(=O)/C(=C/c3ccc(-c4ccc(Cl)c(Cl)c4)o3)SC2=S)CC1. The van der Waals surface area contributed by atoms with Crippen molar-refractivity contribution in [3.05, 3.63) is 51.0 Å². The van der Waals surface area contributed by atoms with Gasteiger partial charge < -0.3 is 9.52 Å². The van der Waals surface area contributed by atoms with Crippen molar-refractivity contribution < 1.29 is 19.1 Å². The van der Waals surface area contributed by atoms with E-state index < -0.39 is 5.97 Å². The Balaban J connectivity index is 1.35. The van der Waals surface area contributed by atoms with E-state index in [0.29, 0.717) is 57.0 Å². The molecule has 0 bridgehead atoms. The number of benzene rings is 1. The smallest absolute Gasteiger partial charge is 0.317 e. The fourth-order valence-electron chi connectivity index (χ4n) is 3.66. The first-order chi connectivity index (χ1) is 15.8. The average molecular weight is 526 g/mol. The summed E-state index contributed by atoms with van der Waals surface area (Å²) < 4.78 is 6.40. The van der Waals surface area contributed by atoms with Crippen LogP contribution < -0.4 is 0 Å². The third kappa shape index (κ3) is 5.98. The zero-order valence-electron chi connectivity index (χ0n) is 17.5. The van der Waals surface area contributed by atoms with Gasteiger partial charge in [-0.05, 0) is 30.3 Å². The number of nitrogens with zero attached hydrogens (tertiary/aromatic N) is 3. The molecule has 0 aliphatic carbocycles. The molecule has 4 rings (SSSR count). The van der Waals surface area contributed by atoms with Crippen LogP contribution >= 0.6 is 47.2 Å². The van der Waals surface area contributed by atoms with Gasteiger partial charge in [0.2, 0.25) is 0 Å². The Morgan fingerprint density at radius 1 is 1.09 bits per heavy atom. The summed E-state index contributed by atoms with van der Waals surface area (Å²) in [5, 5.41) is 9.82. The number of thiocarbonyl (C=S) groups is 1. The predicted molar refractivity (Wildman–Crippen MR) is 135 cm³/mol. The molecule has 1 aromatic heterocycles. The minimum atomic E-state index is -0.812. The van der Waals surface area contributed by atoms with Gasteiger partial charge in [0.1, 0.15) is 15.8 Å². The molecular weight excluding hydrogens is 505 g/mol. The van der Waals surface area contributed by atoms with Crippen molar-refractivity contribution in [1.29, 1.82) is 0 Å². The van der Waals surface area contributed by atoms with Gasteiger partial charge in [-0.1, -0.05) is 47.2 Å². The van der Waals surface area contributed by atoms with Crippen LogP contribution in [0.25, 0.3) is 17.4 Å². The van der Waals surface area contributed by atoms with E-state index in [-0.39, 0.29) is 12.5 Å². The van der Waals surface area contributed by atoms with Crippen molar-refractivity contribution in [3.8, 4) is 11.3 Å². The van der Waals surface area contributed by atoms with Crippen molar-refractivity contribution in [2.45, 2.75) is 0 Å². The first kappa shape index (κ1) is 24.3. The van der Waals surface area contributed by atoms with Crippen molar-refractivity contribution >= 4 is 69.5 Å². The predicted octanol–water partition coefficient (Wildman–Crippen LogP) is 4.16. The molecule has 1 N–H and O–H groups in total. The lowest BCUT2D eigenvalue weighted by Gasteiger charge is -2.34. The van der Waals surface area contributed by atoms with E-state index in [1.807, 2.05) is 17.0 Å². The summed E-state index contributed by atoms with van der Waals surface area (Å²) in [6, 6.07) is 8.86. The Morgan fingerprint density at radius 3 is 2.52 bits per heavy atom. The van der Waals surface area contributed by atoms with Crippen molar-refractivity contribution in [2.75, 3.05) is 45.8 Å². The minimum absolute atomic E-state index is 0.0624. The molecular formula is C22H21Cl2N3O4S2. The van der Waals surface area contributed by atoms with Crippen molar-refractivity contribution in [2.24, 2.45) is 0 Å². The first-order valence-corrected chi connectivity index (χ1v) is 12.3. The van der Waals surface area contributed by atoms with Gasteiger partial charge in [0.25, 0.3) is 5.91 Å². The van der Waals surface area contributed by atoms with E-state index in [4.69, 9.17) is 44.9 Å². The lowest BCUT2D eigenvalue weighted by Crippen LogP contribution is -2.49. The second kappa shape index (κ2) is 10.6. The minimum Gasteiger partial charge on any atom is -0.480 e. The lowest BCUT2D eigenvalue weighted by molar-refractivity contribution is -0.138. The van der Waals surface area contributed by atoms with Crippen LogP contribution in [-0.2, 0) is 9.59 Å². The molecule has 2 aliphatic heterocycles. The summed E-state index contributed by atoms with van der Waals surface area (Å²) in [5.74, 6) is 0.221. The highest BCUT2D eigenvalue weighted by Gasteiger charge is 2.32. The number of amides is 1. The molecule has 11 heteroatoms. The molecule has 3 heterocycles. The van der Waals surface area contributed by atoms with Gasteiger partial charge in [0, 0.05) is 50.9 Å². The van der Waals surface area contributed by atoms with Crippen molar-refractivity contribution in [3.63, 3.8) is 0 Å². The number of carbonyl (C=O) groups excluding carboxylic acids is 1. The van der Waals surface area contributed by atoms with Gasteiger partial charge >= 0.3 is 5.97 Å².